The maximum atomic E-state index is 11.8. The van der Waals surface area contributed by atoms with Crippen LogP contribution in [0.1, 0.15) is 17.3 Å². The Bertz CT molecular complexity index is 497. The summed E-state index contributed by atoms with van der Waals surface area (Å²) in [5, 5.41) is 14.1. The van der Waals surface area contributed by atoms with Gasteiger partial charge in [0.2, 0.25) is 0 Å². The molecule has 0 radical (unpaired) electrons. The van der Waals surface area contributed by atoms with Gasteiger partial charge in [0.1, 0.15) is 5.56 Å². The van der Waals surface area contributed by atoms with Gasteiger partial charge < -0.3 is 5.11 Å². The number of nitrogens with zero attached hydrogens (tertiary/aromatic N) is 1. The fourth-order valence-corrected chi connectivity index (χ4v) is 2.59. The number of aromatic nitrogens is 2. The van der Waals surface area contributed by atoms with E-state index in [9.17, 15) is 13.2 Å². The molecule has 96 valence electrons. The van der Waals surface area contributed by atoms with Gasteiger partial charge in [-0.25, -0.2) is 17.9 Å². The monoisotopic (exact) mass is 279 g/mol. The van der Waals surface area contributed by atoms with Crippen LogP contribution in [0.5, 0.6) is 0 Å². The lowest BCUT2D eigenvalue weighted by molar-refractivity contribution is 0.0692. The molecule has 1 atom stereocenters. The van der Waals surface area contributed by atoms with Gasteiger partial charge in [-0.2, -0.15) is 16.9 Å². The minimum atomic E-state index is -3.86. The zero-order chi connectivity index (χ0) is 13.1. The summed E-state index contributed by atoms with van der Waals surface area (Å²) >= 11 is 1.50. The van der Waals surface area contributed by atoms with E-state index in [4.69, 9.17) is 5.11 Å². The number of hydrogen-bond donors (Lipinski definition) is 3. The highest BCUT2D eigenvalue weighted by Crippen LogP contribution is 2.12. The number of aromatic amines is 1. The highest BCUT2D eigenvalue weighted by atomic mass is 32.2. The number of rotatable bonds is 6. The van der Waals surface area contributed by atoms with Gasteiger partial charge in [0.05, 0.1) is 6.20 Å². The second-order valence-electron chi connectivity index (χ2n) is 3.32. The Labute approximate surface area is 103 Å². The Hall–Kier alpha value is -1.06. The van der Waals surface area contributed by atoms with E-state index in [1.807, 2.05) is 13.2 Å². The molecule has 1 heterocycles. The Balaban J connectivity index is 2.90. The highest BCUT2D eigenvalue weighted by Gasteiger charge is 2.24. The molecule has 7 nitrogen and oxygen atoms in total. The minimum absolute atomic E-state index is 0.0981. The minimum Gasteiger partial charge on any atom is -0.478 e. The standard InChI is InChI=1S/C8H13N3O4S2/c1-5(16-2)3-10-17(14,15)7-6(8(12)13)4-9-11-7/h4-5,10H,3H2,1-2H3,(H,9,11)(H,12,13). The van der Waals surface area contributed by atoms with Crippen LogP contribution in [0.15, 0.2) is 11.2 Å². The van der Waals surface area contributed by atoms with Crippen LogP contribution in [0.4, 0.5) is 0 Å². The van der Waals surface area contributed by atoms with Crippen LogP contribution in [0.3, 0.4) is 0 Å². The van der Waals surface area contributed by atoms with E-state index in [1.54, 1.807) is 0 Å². The number of carbonyl (C=O) groups is 1. The first-order valence-corrected chi connectivity index (χ1v) is 7.44. The van der Waals surface area contributed by atoms with E-state index in [1.165, 1.54) is 11.8 Å². The zero-order valence-corrected chi connectivity index (χ0v) is 10.9. The molecular formula is C8H13N3O4S2. The molecule has 1 aromatic rings. The Morgan fingerprint density at radius 3 is 2.88 bits per heavy atom. The molecule has 0 amide bonds. The van der Waals surface area contributed by atoms with Gasteiger partial charge in [0.25, 0.3) is 10.0 Å². The van der Waals surface area contributed by atoms with Crippen LogP contribution in [0.2, 0.25) is 0 Å². The lowest BCUT2D eigenvalue weighted by Crippen LogP contribution is -2.30. The molecule has 1 aromatic heterocycles. The second-order valence-corrected chi connectivity index (χ2v) is 6.30. The third-order valence-corrected chi connectivity index (χ3v) is 4.43. The summed E-state index contributed by atoms with van der Waals surface area (Å²) < 4.78 is 25.9. The third kappa shape index (κ3) is 3.45. The molecule has 3 N–H and O–H groups in total. The van der Waals surface area contributed by atoms with Crippen molar-refractivity contribution in [3.8, 4) is 0 Å². The molecule has 0 aliphatic rings. The average Bonchev–Trinajstić information content (AvgIpc) is 2.75. The molecule has 9 heteroatoms. The Morgan fingerprint density at radius 1 is 1.71 bits per heavy atom. The van der Waals surface area contributed by atoms with E-state index >= 15 is 0 Å². The summed E-state index contributed by atoms with van der Waals surface area (Å²) in [5.74, 6) is -1.34. The zero-order valence-electron chi connectivity index (χ0n) is 9.30. The summed E-state index contributed by atoms with van der Waals surface area (Å²) in [5.41, 5.74) is -0.366. The van der Waals surface area contributed by atoms with E-state index in [-0.39, 0.29) is 17.4 Å². The van der Waals surface area contributed by atoms with Crippen molar-refractivity contribution < 1.29 is 18.3 Å². The number of hydrogen-bond acceptors (Lipinski definition) is 5. The molecular weight excluding hydrogens is 266 g/mol. The summed E-state index contributed by atoms with van der Waals surface area (Å²) in [6.07, 6.45) is 2.83. The van der Waals surface area contributed by atoms with Crippen LogP contribution >= 0.6 is 11.8 Å². The topological polar surface area (TPSA) is 112 Å². The van der Waals surface area contributed by atoms with Crippen molar-refractivity contribution in [2.24, 2.45) is 0 Å². The van der Waals surface area contributed by atoms with E-state index in [2.05, 4.69) is 14.9 Å². The van der Waals surface area contributed by atoms with Gasteiger partial charge >= 0.3 is 5.97 Å². The molecule has 0 fully saturated rings. The maximum Gasteiger partial charge on any atom is 0.340 e. The van der Waals surface area contributed by atoms with Crippen molar-refractivity contribution in [2.75, 3.05) is 12.8 Å². The van der Waals surface area contributed by atoms with Crippen molar-refractivity contribution in [2.45, 2.75) is 17.2 Å². The van der Waals surface area contributed by atoms with Gasteiger partial charge in [0, 0.05) is 11.8 Å². The van der Waals surface area contributed by atoms with Gasteiger partial charge in [-0.15, -0.1) is 0 Å². The quantitative estimate of drug-likeness (QED) is 0.682. The molecule has 0 aromatic carbocycles. The molecule has 17 heavy (non-hydrogen) atoms. The first kappa shape index (κ1) is 14.0. The second kappa shape index (κ2) is 5.52. The predicted molar refractivity (Wildman–Crippen MR) is 63.7 cm³/mol. The summed E-state index contributed by atoms with van der Waals surface area (Å²) in [6, 6.07) is 0. The summed E-state index contributed by atoms with van der Waals surface area (Å²) in [4.78, 5) is 10.8. The number of nitrogens with one attached hydrogen (secondary N) is 2. The average molecular weight is 279 g/mol. The highest BCUT2D eigenvalue weighted by molar-refractivity contribution is 7.99. The molecule has 0 aliphatic carbocycles. The molecule has 1 unspecified atom stereocenters. The van der Waals surface area contributed by atoms with E-state index in [0.29, 0.717) is 0 Å². The van der Waals surface area contributed by atoms with Crippen LogP contribution in [0.25, 0.3) is 0 Å². The fraction of sp³-hybridized carbons (Fsp3) is 0.500. The molecule has 0 aliphatic heterocycles. The van der Waals surface area contributed by atoms with Gasteiger partial charge in [0.15, 0.2) is 5.03 Å². The SMILES string of the molecule is CSC(C)CNS(=O)(=O)c1[nH]ncc1C(=O)O. The van der Waals surface area contributed by atoms with Gasteiger partial charge in [-0.1, -0.05) is 6.92 Å². The van der Waals surface area contributed by atoms with Gasteiger partial charge in [-0.05, 0) is 6.26 Å². The summed E-state index contributed by atoms with van der Waals surface area (Å²) in [6.45, 7) is 2.08. The van der Waals surface area contributed by atoms with E-state index < -0.39 is 21.0 Å². The number of carboxylic acids is 1. The Morgan fingerprint density at radius 2 is 2.35 bits per heavy atom. The molecule has 0 saturated carbocycles. The molecule has 0 saturated heterocycles. The smallest absolute Gasteiger partial charge is 0.340 e. The van der Waals surface area contributed by atoms with Crippen molar-refractivity contribution in [1.29, 1.82) is 0 Å². The van der Waals surface area contributed by atoms with Crippen LogP contribution in [-0.4, -0.2) is 47.7 Å². The molecule has 1 rings (SSSR count). The largest absolute Gasteiger partial charge is 0.478 e. The number of carboxylic acid groups (broad SMARTS) is 1. The lowest BCUT2D eigenvalue weighted by Gasteiger charge is -2.09. The van der Waals surface area contributed by atoms with Crippen LogP contribution in [0, 0.1) is 0 Å². The first-order valence-electron chi connectivity index (χ1n) is 4.67. The van der Waals surface area contributed by atoms with Crippen molar-refractivity contribution in [3.05, 3.63) is 11.8 Å². The van der Waals surface area contributed by atoms with Crippen molar-refractivity contribution in [1.82, 2.24) is 14.9 Å². The first-order chi connectivity index (χ1) is 7.88. The van der Waals surface area contributed by atoms with Crippen LogP contribution in [-0.2, 0) is 10.0 Å². The third-order valence-electron chi connectivity index (χ3n) is 2.07. The molecule has 0 spiro atoms. The number of thioether (sulfide) groups is 1. The van der Waals surface area contributed by atoms with Gasteiger partial charge in [-0.3, -0.25) is 5.10 Å². The van der Waals surface area contributed by atoms with E-state index in [0.717, 1.165) is 6.20 Å². The predicted octanol–water partition coefficient (Wildman–Crippen LogP) is 0.138. The Kier molecular flexibility index (Phi) is 4.54. The molecule has 0 bridgehead atoms. The normalized spacial score (nSPS) is 13.5. The maximum absolute atomic E-state index is 11.8. The summed E-state index contributed by atoms with van der Waals surface area (Å²) in [7, 11) is -3.86. The number of aromatic carboxylic acids is 1. The van der Waals surface area contributed by atoms with Crippen LogP contribution < -0.4 is 4.72 Å². The van der Waals surface area contributed by atoms with Crippen molar-refractivity contribution >= 4 is 27.8 Å². The van der Waals surface area contributed by atoms with Crippen molar-refractivity contribution in [3.63, 3.8) is 0 Å². The fourth-order valence-electron chi connectivity index (χ4n) is 1.01. The number of H-pyrrole nitrogens is 1. The lowest BCUT2D eigenvalue weighted by atomic mass is 10.4. The number of sulfonamides is 1.